The number of amides is 3. The molecule has 0 bridgehead atoms. The highest BCUT2D eigenvalue weighted by Gasteiger charge is 2.38. The predicted octanol–water partition coefficient (Wildman–Crippen LogP) is 3.33. The molecule has 2 aliphatic heterocycles. The Morgan fingerprint density at radius 2 is 1.72 bits per heavy atom. The summed E-state index contributed by atoms with van der Waals surface area (Å²) < 4.78 is 16.2. The van der Waals surface area contributed by atoms with E-state index in [9.17, 15) is 14.4 Å². The molecule has 39 heavy (non-hydrogen) atoms. The Labute approximate surface area is 233 Å². The number of benzene rings is 2. The highest BCUT2D eigenvalue weighted by atomic mass is 35.5. The zero-order valence-electron chi connectivity index (χ0n) is 22.5. The number of urea groups is 1. The fourth-order valence-electron chi connectivity index (χ4n) is 4.81. The fraction of sp³-hybridized carbons (Fsp3) is 0.393. The number of nitrogens with one attached hydrogen (secondary N) is 1. The summed E-state index contributed by atoms with van der Waals surface area (Å²) in [4.78, 5) is 44.7. The van der Waals surface area contributed by atoms with Crippen molar-refractivity contribution >= 4 is 29.5 Å². The van der Waals surface area contributed by atoms with Gasteiger partial charge in [-0.25, -0.2) is 9.59 Å². The lowest BCUT2D eigenvalue weighted by Crippen LogP contribution is -2.53. The molecule has 1 saturated heterocycles. The second-order valence-electron chi connectivity index (χ2n) is 9.18. The van der Waals surface area contributed by atoms with Crippen LogP contribution < -0.4 is 14.8 Å². The number of nitrogens with zero attached hydrogens (tertiary/aromatic N) is 3. The van der Waals surface area contributed by atoms with Crippen LogP contribution in [-0.2, 0) is 9.53 Å². The number of halogens is 1. The Balaban J connectivity index is 1.61. The number of carbonyl (C=O) groups is 3. The summed E-state index contributed by atoms with van der Waals surface area (Å²) in [6.45, 7) is 4.36. The van der Waals surface area contributed by atoms with Crippen molar-refractivity contribution in [2.45, 2.75) is 13.0 Å². The first-order valence-electron chi connectivity index (χ1n) is 12.7. The molecule has 2 aromatic rings. The number of esters is 1. The largest absolute Gasteiger partial charge is 0.493 e. The molecule has 1 atom stereocenters. The van der Waals surface area contributed by atoms with Crippen molar-refractivity contribution in [1.82, 2.24) is 20.0 Å². The van der Waals surface area contributed by atoms with Crippen molar-refractivity contribution in [2.75, 3.05) is 60.6 Å². The summed E-state index contributed by atoms with van der Waals surface area (Å²) in [6.07, 6.45) is 0. The number of ether oxygens (including phenoxy) is 3. The van der Waals surface area contributed by atoms with Crippen LogP contribution >= 0.6 is 11.6 Å². The molecule has 11 heteroatoms. The molecule has 4 rings (SSSR count). The molecule has 0 spiro atoms. The number of rotatable bonds is 8. The summed E-state index contributed by atoms with van der Waals surface area (Å²) in [5, 5.41) is 3.34. The highest BCUT2D eigenvalue weighted by molar-refractivity contribution is 6.33. The molecule has 1 fully saturated rings. The van der Waals surface area contributed by atoms with Gasteiger partial charge in [0.15, 0.2) is 11.5 Å². The molecule has 0 unspecified atom stereocenters. The summed E-state index contributed by atoms with van der Waals surface area (Å²) >= 11 is 6.23. The predicted molar refractivity (Wildman–Crippen MR) is 146 cm³/mol. The first-order valence-corrected chi connectivity index (χ1v) is 13.1. The van der Waals surface area contributed by atoms with E-state index in [0.717, 1.165) is 0 Å². The van der Waals surface area contributed by atoms with Crippen molar-refractivity contribution in [3.05, 3.63) is 69.9 Å². The highest BCUT2D eigenvalue weighted by Crippen LogP contribution is 2.36. The van der Waals surface area contributed by atoms with Gasteiger partial charge in [-0.15, -0.1) is 0 Å². The molecule has 0 aliphatic carbocycles. The molecule has 10 nitrogen and oxygen atoms in total. The smallest absolute Gasteiger partial charge is 0.338 e. The van der Waals surface area contributed by atoms with Gasteiger partial charge in [0.25, 0.3) is 5.91 Å². The van der Waals surface area contributed by atoms with Crippen LogP contribution in [0.25, 0.3) is 0 Å². The number of hydrogen-bond acceptors (Lipinski definition) is 7. The Morgan fingerprint density at radius 3 is 2.36 bits per heavy atom. The lowest BCUT2D eigenvalue weighted by atomic mass is 9.94. The third-order valence-corrected chi connectivity index (χ3v) is 7.28. The normalized spacial score (nSPS) is 18.1. The van der Waals surface area contributed by atoms with Crippen LogP contribution in [0.3, 0.4) is 0 Å². The van der Waals surface area contributed by atoms with Crippen LogP contribution in [0.5, 0.6) is 11.5 Å². The van der Waals surface area contributed by atoms with E-state index in [2.05, 4.69) is 10.2 Å². The van der Waals surface area contributed by atoms with Gasteiger partial charge in [0, 0.05) is 45.5 Å². The lowest BCUT2D eigenvalue weighted by molar-refractivity contribution is -0.139. The van der Waals surface area contributed by atoms with Gasteiger partial charge in [0.05, 0.1) is 43.0 Å². The van der Waals surface area contributed by atoms with Crippen molar-refractivity contribution < 1.29 is 28.6 Å². The van der Waals surface area contributed by atoms with E-state index in [0.29, 0.717) is 71.6 Å². The maximum atomic E-state index is 13.3. The van der Waals surface area contributed by atoms with Gasteiger partial charge < -0.3 is 24.4 Å². The number of piperazine rings is 1. The molecule has 208 valence electrons. The Morgan fingerprint density at radius 1 is 1.03 bits per heavy atom. The Bertz CT molecular complexity index is 1270. The van der Waals surface area contributed by atoms with E-state index < -0.39 is 12.0 Å². The van der Waals surface area contributed by atoms with Crippen LogP contribution in [0.1, 0.15) is 28.9 Å². The van der Waals surface area contributed by atoms with Gasteiger partial charge in [0.1, 0.15) is 0 Å². The molecule has 0 saturated carbocycles. The van der Waals surface area contributed by atoms with Crippen LogP contribution in [0.15, 0.2) is 53.7 Å². The summed E-state index contributed by atoms with van der Waals surface area (Å²) in [6, 6.07) is 11.2. The topological polar surface area (TPSA) is 101 Å². The Kier molecular flexibility index (Phi) is 8.98. The molecule has 2 aliphatic rings. The lowest BCUT2D eigenvalue weighted by Gasteiger charge is -2.39. The van der Waals surface area contributed by atoms with Crippen molar-refractivity contribution in [3.8, 4) is 11.5 Å². The first kappa shape index (κ1) is 28.3. The molecule has 2 heterocycles. The van der Waals surface area contributed by atoms with E-state index in [4.69, 9.17) is 25.8 Å². The molecule has 3 amide bonds. The van der Waals surface area contributed by atoms with E-state index in [-0.39, 0.29) is 18.5 Å². The minimum atomic E-state index is -0.745. The van der Waals surface area contributed by atoms with Crippen LogP contribution in [0, 0.1) is 0 Å². The van der Waals surface area contributed by atoms with Crippen LogP contribution in [-0.4, -0.2) is 93.2 Å². The quantitative estimate of drug-likeness (QED) is 0.498. The van der Waals surface area contributed by atoms with Crippen molar-refractivity contribution in [2.24, 2.45) is 0 Å². The first-order chi connectivity index (χ1) is 18.8. The van der Waals surface area contributed by atoms with E-state index in [1.165, 1.54) is 12.0 Å². The molecule has 0 aromatic heterocycles. The van der Waals surface area contributed by atoms with Crippen molar-refractivity contribution in [3.63, 3.8) is 0 Å². The zero-order valence-corrected chi connectivity index (χ0v) is 23.3. The van der Waals surface area contributed by atoms with E-state index in [1.807, 2.05) is 0 Å². The van der Waals surface area contributed by atoms with Gasteiger partial charge in [-0.3, -0.25) is 14.6 Å². The summed E-state index contributed by atoms with van der Waals surface area (Å²) in [5.41, 5.74) is 2.02. The van der Waals surface area contributed by atoms with Gasteiger partial charge in [0.2, 0.25) is 0 Å². The Hall–Kier alpha value is -3.76. The maximum Gasteiger partial charge on any atom is 0.338 e. The van der Waals surface area contributed by atoms with Crippen LogP contribution in [0.2, 0.25) is 5.02 Å². The van der Waals surface area contributed by atoms with Crippen LogP contribution in [0.4, 0.5) is 4.79 Å². The molecular weight excluding hydrogens is 524 g/mol. The average molecular weight is 557 g/mol. The minimum Gasteiger partial charge on any atom is -0.493 e. The number of methoxy groups -OCH3 is 2. The maximum absolute atomic E-state index is 13.3. The second kappa shape index (κ2) is 12.4. The molecular formula is C28H33ClN4O6. The molecule has 2 aromatic carbocycles. The van der Waals surface area contributed by atoms with E-state index in [1.54, 1.807) is 68.4 Å². The third kappa shape index (κ3) is 5.97. The average Bonchev–Trinajstić information content (AvgIpc) is 2.95. The van der Waals surface area contributed by atoms with Gasteiger partial charge in [-0.05, 0) is 36.8 Å². The fourth-order valence-corrected chi connectivity index (χ4v) is 5.02. The van der Waals surface area contributed by atoms with Crippen molar-refractivity contribution in [1.29, 1.82) is 0 Å². The van der Waals surface area contributed by atoms with E-state index >= 15 is 0 Å². The second-order valence-corrected chi connectivity index (χ2v) is 9.59. The summed E-state index contributed by atoms with van der Waals surface area (Å²) in [5.74, 6) is 0.389. The van der Waals surface area contributed by atoms with Gasteiger partial charge >= 0.3 is 12.0 Å². The van der Waals surface area contributed by atoms with Gasteiger partial charge in [-0.1, -0.05) is 29.8 Å². The van der Waals surface area contributed by atoms with Gasteiger partial charge in [-0.2, -0.15) is 0 Å². The zero-order chi connectivity index (χ0) is 28.1. The SMILES string of the molecule is CCOC(=O)C1=C(CN2CCN(C(=O)c3ccccc3Cl)CC2)N(C)C(=O)N[C@@H]1c1ccc(OC)c(OC)c1. The standard InChI is InChI=1S/C28H33ClN4O6/c1-5-39-27(35)24-21(17-32-12-14-33(15-13-32)26(34)19-8-6-7-9-20(19)29)31(2)28(36)30-25(24)18-10-11-22(37-3)23(16-18)38-4/h6-11,16,25H,5,12-15,17H2,1-4H3,(H,30,36)/t25-/m1/s1. The number of likely N-dealkylation sites (N-methyl/N-ethyl adjacent to an activating group) is 1. The third-order valence-electron chi connectivity index (χ3n) is 6.95. The monoisotopic (exact) mass is 556 g/mol. The number of carbonyl (C=O) groups excluding carboxylic acids is 3. The molecule has 0 radical (unpaired) electrons. The summed E-state index contributed by atoms with van der Waals surface area (Å²) in [7, 11) is 4.70. The number of hydrogen-bond donors (Lipinski definition) is 1. The molecule has 1 N–H and O–H groups in total. The minimum absolute atomic E-state index is 0.116.